The van der Waals surface area contributed by atoms with Gasteiger partial charge in [0.1, 0.15) is 4.90 Å². The minimum absolute atomic E-state index is 0.0125. The average Bonchev–Trinajstić information content (AvgIpc) is 2.82. The van der Waals surface area contributed by atoms with Crippen LogP contribution in [0.15, 0.2) is 29.2 Å². The van der Waals surface area contributed by atoms with Gasteiger partial charge in [-0.05, 0) is 37.5 Å². The number of sulfonamides is 1. The van der Waals surface area contributed by atoms with E-state index >= 15 is 0 Å². The number of halogens is 2. The smallest absolute Gasteiger partial charge is 0.244 e. The van der Waals surface area contributed by atoms with Crippen LogP contribution >= 0.6 is 23.2 Å². The molecule has 2 aliphatic heterocycles. The van der Waals surface area contributed by atoms with Gasteiger partial charge in [-0.3, -0.25) is 14.5 Å². The molecule has 9 heteroatoms. The summed E-state index contributed by atoms with van der Waals surface area (Å²) >= 11 is 12.1. The van der Waals surface area contributed by atoms with Crippen LogP contribution in [0.5, 0.6) is 0 Å². The van der Waals surface area contributed by atoms with E-state index in [1.165, 1.54) is 21.3 Å². The summed E-state index contributed by atoms with van der Waals surface area (Å²) < 4.78 is 27.0. The van der Waals surface area contributed by atoms with E-state index in [-0.39, 0.29) is 46.7 Å². The van der Waals surface area contributed by atoms with Gasteiger partial charge in [0.2, 0.25) is 21.8 Å². The standard InChI is InChI=1S/C18H18Cl2N2O4S/c1-10-6-16(15(20)7-14(10)19)27(25,26)21-8-11(9-21)22-17(23)12-4-2-3-5-13(12)18(22)24/h2-3,6-7,11-13H,4-5,8-9H2,1H3. The van der Waals surface area contributed by atoms with Crippen LogP contribution in [-0.2, 0) is 19.6 Å². The van der Waals surface area contributed by atoms with Crippen LogP contribution in [0.1, 0.15) is 18.4 Å². The highest BCUT2D eigenvalue weighted by Crippen LogP contribution is 2.39. The van der Waals surface area contributed by atoms with Gasteiger partial charge in [-0.1, -0.05) is 35.4 Å². The summed E-state index contributed by atoms with van der Waals surface area (Å²) in [6.07, 6.45) is 5.00. The van der Waals surface area contributed by atoms with Crippen molar-refractivity contribution in [3.8, 4) is 0 Å². The summed E-state index contributed by atoms with van der Waals surface area (Å²) in [5.74, 6) is -0.975. The average molecular weight is 429 g/mol. The first-order valence-corrected chi connectivity index (χ1v) is 10.9. The summed E-state index contributed by atoms with van der Waals surface area (Å²) in [7, 11) is -3.81. The van der Waals surface area contributed by atoms with Gasteiger partial charge in [0.25, 0.3) is 0 Å². The fraction of sp³-hybridized carbons (Fsp3) is 0.444. The fourth-order valence-electron chi connectivity index (χ4n) is 3.93. The van der Waals surface area contributed by atoms with Gasteiger partial charge >= 0.3 is 0 Å². The monoisotopic (exact) mass is 428 g/mol. The van der Waals surface area contributed by atoms with Gasteiger partial charge in [0.15, 0.2) is 0 Å². The van der Waals surface area contributed by atoms with Gasteiger partial charge in [-0.2, -0.15) is 4.31 Å². The maximum absolute atomic E-state index is 12.9. The van der Waals surface area contributed by atoms with Crippen LogP contribution in [0.2, 0.25) is 10.0 Å². The summed E-state index contributed by atoms with van der Waals surface area (Å²) in [5.41, 5.74) is 0.609. The molecule has 0 bridgehead atoms. The highest BCUT2D eigenvalue weighted by molar-refractivity contribution is 7.89. The van der Waals surface area contributed by atoms with E-state index in [4.69, 9.17) is 23.2 Å². The van der Waals surface area contributed by atoms with Gasteiger partial charge < -0.3 is 0 Å². The Hall–Kier alpha value is -1.41. The molecule has 0 spiro atoms. The van der Waals surface area contributed by atoms with Crippen LogP contribution < -0.4 is 0 Å². The molecule has 2 unspecified atom stereocenters. The predicted molar refractivity (Wildman–Crippen MR) is 101 cm³/mol. The molecule has 0 radical (unpaired) electrons. The molecule has 1 aliphatic carbocycles. The van der Waals surface area contributed by atoms with E-state index in [9.17, 15) is 18.0 Å². The number of benzene rings is 1. The quantitative estimate of drug-likeness (QED) is 0.547. The lowest BCUT2D eigenvalue weighted by molar-refractivity contribution is -0.145. The van der Waals surface area contributed by atoms with E-state index in [0.717, 1.165) is 0 Å². The van der Waals surface area contributed by atoms with Gasteiger partial charge in [0.05, 0.1) is 22.9 Å². The molecule has 6 nitrogen and oxygen atoms in total. The zero-order chi connectivity index (χ0) is 19.5. The topological polar surface area (TPSA) is 74.8 Å². The SMILES string of the molecule is Cc1cc(S(=O)(=O)N2CC(N3C(=O)C4CC=CCC4C3=O)C2)c(Cl)cc1Cl. The maximum Gasteiger partial charge on any atom is 0.244 e. The van der Waals surface area contributed by atoms with Crippen molar-refractivity contribution in [1.82, 2.24) is 9.21 Å². The molecule has 2 atom stereocenters. The van der Waals surface area contributed by atoms with Crippen molar-refractivity contribution in [2.45, 2.75) is 30.7 Å². The molecule has 2 amide bonds. The molecule has 2 saturated heterocycles. The van der Waals surface area contributed by atoms with E-state index in [0.29, 0.717) is 23.4 Å². The van der Waals surface area contributed by atoms with Crippen molar-refractivity contribution in [1.29, 1.82) is 0 Å². The number of carbonyl (C=O) groups excluding carboxylic acids is 2. The molecular formula is C18H18Cl2N2O4S. The fourth-order valence-corrected chi connectivity index (χ4v) is 6.25. The highest BCUT2D eigenvalue weighted by Gasteiger charge is 2.53. The maximum atomic E-state index is 12.9. The van der Waals surface area contributed by atoms with Crippen LogP contribution in [-0.4, -0.2) is 48.6 Å². The normalized spacial score (nSPS) is 26.4. The molecule has 2 heterocycles. The van der Waals surface area contributed by atoms with E-state index < -0.39 is 16.1 Å². The molecule has 27 heavy (non-hydrogen) atoms. The lowest BCUT2D eigenvalue weighted by atomic mass is 9.85. The van der Waals surface area contributed by atoms with Gasteiger partial charge in [-0.15, -0.1) is 0 Å². The largest absolute Gasteiger partial charge is 0.276 e. The lowest BCUT2D eigenvalue weighted by Gasteiger charge is -2.42. The number of nitrogens with zero attached hydrogens (tertiary/aromatic N) is 2. The van der Waals surface area contributed by atoms with E-state index in [2.05, 4.69) is 0 Å². The Kier molecular flexibility index (Phi) is 4.62. The summed E-state index contributed by atoms with van der Waals surface area (Å²) in [4.78, 5) is 26.5. The molecule has 0 aromatic heterocycles. The Bertz CT molecular complexity index is 944. The second kappa shape index (κ2) is 6.58. The number of rotatable bonds is 3. The first-order valence-electron chi connectivity index (χ1n) is 8.69. The Labute approximate surface area is 167 Å². The Morgan fingerprint density at radius 1 is 0.963 bits per heavy atom. The molecule has 4 rings (SSSR count). The number of fused-ring (bicyclic) bond motifs is 1. The second-order valence-electron chi connectivity index (χ2n) is 7.21. The number of allylic oxidation sites excluding steroid dienone is 2. The number of hydrogen-bond acceptors (Lipinski definition) is 4. The molecule has 3 aliphatic rings. The van der Waals surface area contributed by atoms with Crippen molar-refractivity contribution in [3.05, 3.63) is 39.9 Å². The zero-order valence-corrected chi connectivity index (χ0v) is 16.9. The Morgan fingerprint density at radius 3 is 2.07 bits per heavy atom. The molecule has 1 aromatic rings. The number of hydrogen-bond donors (Lipinski definition) is 0. The third-order valence-electron chi connectivity index (χ3n) is 5.57. The molecule has 144 valence electrons. The highest BCUT2D eigenvalue weighted by atomic mass is 35.5. The number of carbonyl (C=O) groups is 2. The third-order valence-corrected chi connectivity index (χ3v) is 8.27. The predicted octanol–water partition coefficient (Wildman–Crippen LogP) is 2.63. The van der Waals surface area contributed by atoms with Crippen molar-refractivity contribution in [2.24, 2.45) is 11.8 Å². The molecule has 0 N–H and O–H groups in total. The first kappa shape index (κ1) is 18.9. The Morgan fingerprint density at radius 2 is 1.52 bits per heavy atom. The van der Waals surface area contributed by atoms with Crippen LogP contribution in [0.4, 0.5) is 0 Å². The first-order chi connectivity index (χ1) is 12.7. The van der Waals surface area contributed by atoms with E-state index in [1.54, 1.807) is 6.92 Å². The number of imide groups is 1. The molecular weight excluding hydrogens is 411 g/mol. The van der Waals surface area contributed by atoms with Crippen molar-refractivity contribution in [3.63, 3.8) is 0 Å². The summed E-state index contributed by atoms with van der Waals surface area (Å²) in [6, 6.07) is 2.44. The van der Waals surface area contributed by atoms with Crippen LogP contribution in [0, 0.1) is 18.8 Å². The second-order valence-corrected chi connectivity index (χ2v) is 9.93. The number of likely N-dealkylation sites (tertiary alicyclic amines) is 1. The summed E-state index contributed by atoms with van der Waals surface area (Å²) in [5, 5.41) is 0.449. The van der Waals surface area contributed by atoms with Crippen LogP contribution in [0.25, 0.3) is 0 Å². The minimum Gasteiger partial charge on any atom is -0.276 e. The van der Waals surface area contributed by atoms with E-state index in [1.807, 2.05) is 12.2 Å². The van der Waals surface area contributed by atoms with Crippen molar-refractivity contribution in [2.75, 3.05) is 13.1 Å². The number of amides is 2. The van der Waals surface area contributed by atoms with Gasteiger partial charge in [-0.25, -0.2) is 8.42 Å². The minimum atomic E-state index is -3.81. The Balaban J connectivity index is 1.52. The van der Waals surface area contributed by atoms with Crippen LogP contribution in [0.3, 0.4) is 0 Å². The van der Waals surface area contributed by atoms with Gasteiger partial charge in [0, 0.05) is 18.1 Å². The van der Waals surface area contributed by atoms with Crippen molar-refractivity contribution >= 4 is 45.0 Å². The third kappa shape index (κ3) is 2.92. The molecule has 0 saturated carbocycles. The van der Waals surface area contributed by atoms with Crippen molar-refractivity contribution < 1.29 is 18.0 Å². The molecule has 2 fully saturated rings. The molecule has 1 aromatic carbocycles. The lowest BCUT2D eigenvalue weighted by Crippen LogP contribution is -2.62. The number of aryl methyl sites for hydroxylation is 1. The summed E-state index contributed by atoms with van der Waals surface area (Å²) in [6.45, 7) is 1.88. The zero-order valence-electron chi connectivity index (χ0n) is 14.6.